The molecule has 32 heavy (non-hydrogen) atoms. The second-order valence-corrected chi connectivity index (χ2v) is 8.33. The Kier molecular flexibility index (Phi) is 6.37. The van der Waals surface area contributed by atoms with Gasteiger partial charge >= 0.3 is 0 Å². The number of hydrogen-bond acceptors (Lipinski definition) is 4. The third-order valence-corrected chi connectivity index (χ3v) is 5.89. The van der Waals surface area contributed by atoms with E-state index in [4.69, 9.17) is 4.42 Å². The predicted molar refractivity (Wildman–Crippen MR) is 122 cm³/mol. The van der Waals surface area contributed by atoms with E-state index in [0.29, 0.717) is 17.2 Å². The number of aromatic nitrogens is 1. The minimum atomic E-state index is -0.832. The molecule has 0 aliphatic carbocycles. The van der Waals surface area contributed by atoms with Crippen LogP contribution in [0.2, 0.25) is 0 Å². The first-order chi connectivity index (χ1) is 15.4. The molecule has 3 aromatic carbocycles. The first-order valence-electron chi connectivity index (χ1n) is 9.91. The van der Waals surface area contributed by atoms with Crippen LogP contribution >= 0.6 is 11.8 Å². The van der Waals surface area contributed by atoms with Gasteiger partial charge in [-0.1, -0.05) is 17.7 Å². The maximum atomic E-state index is 13.8. The number of benzene rings is 3. The van der Waals surface area contributed by atoms with Crippen molar-refractivity contribution in [2.45, 2.75) is 24.5 Å². The van der Waals surface area contributed by atoms with Crippen LogP contribution in [0, 0.1) is 25.5 Å². The van der Waals surface area contributed by atoms with Crippen molar-refractivity contribution >= 4 is 23.4 Å². The lowest BCUT2D eigenvalue weighted by molar-refractivity contribution is 0.102. The number of rotatable bonds is 6. The number of oxazole rings is 1. The van der Waals surface area contributed by atoms with Gasteiger partial charge in [-0.3, -0.25) is 4.79 Å². The zero-order valence-corrected chi connectivity index (χ0v) is 18.3. The van der Waals surface area contributed by atoms with E-state index in [0.717, 1.165) is 34.0 Å². The zero-order chi connectivity index (χ0) is 22.7. The summed E-state index contributed by atoms with van der Waals surface area (Å²) in [7, 11) is 0. The first-order valence-corrected chi connectivity index (χ1v) is 10.9. The van der Waals surface area contributed by atoms with Crippen molar-refractivity contribution < 1.29 is 18.0 Å². The van der Waals surface area contributed by atoms with Gasteiger partial charge in [-0.25, -0.2) is 13.8 Å². The third-order valence-electron chi connectivity index (χ3n) is 4.86. The number of amides is 1. The Balaban J connectivity index is 1.44. The summed E-state index contributed by atoms with van der Waals surface area (Å²) in [6.45, 7) is 3.93. The SMILES string of the molecule is Cc1ccc(SCc2nc(-c3ccc(C(=O)Nc4ccc(F)cc4F)cc3)oc2C)cc1. The monoisotopic (exact) mass is 450 g/mol. The maximum absolute atomic E-state index is 13.8. The molecule has 1 heterocycles. The van der Waals surface area contributed by atoms with E-state index in [2.05, 4.69) is 41.5 Å². The fourth-order valence-corrected chi connectivity index (χ4v) is 3.92. The predicted octanol–water partition coefficient (Wildman–Crippen LogP) is 6.78. The van der Waals surface area contributed by atoms with Crippen LogP contribution in [0.15, 0.2) is 76.0 Å². The van der Waals surface area contributed by atoms with Crippen LogP contribution in [0.5, 0.6) is 0 Å². The standard InChI is InChI=1S/C25H20F2N2O2S/c1-15-3-10-20(11-4-15)32-14-23-16(2)31-25(29-23)18-7-5-17(6-8-18)24(30)28-22-12-9-19(26)13-21(22)27/h3-13H,14H2,1-2H3,(H,28,30). The number of halogens is 2. The molecule has 0 atom stereocenters. The molecule has 0 aliphatic heterocycles. The second-order valence-electron chi connectivity index (χ2n) is 7.28. The Hall–Kier alpha value is -3.45. The molecule has 1 N–H and O–H groups in total. The lowest BCUT2D eigenvalue weighted by Crippen LogP contribution is -2.13. The average Bonchev–Trinajstić information content (AvgIpc) is 3.16. The Labute approximate surface area is 188 Å². The van der Waals surface area contributed by atoms with Crippen LogP contribution in [0.1, 0.15) is 27.4 Å². The highest BCUT2D eigenvalue weighted by atomic mass is 32.2. The second kappa shape index (κ2) is 9.36. The number of carbonyl (C=O) groups is 1. The Bertz CT molecular complexity index is 1250. The van der Waals surface area contributed by atoms with Gasteiger partial charge in [0.05, 0.1) is 11.4 Å². The van der Waals surface area contributed by atoms with Crippen LogP contribution in [-0.2, 0) is 5.75 Å². The highest BCUT2D eigenvalue weighted by Crippen LogP contribution is 2.28. The molecule has 0 radical (unpaired) electrons. The highest BCUT2D eigenvalue weighted by molar-refractivity contribution is 7.98. The fraction of sp³-hybridized carbons (Fsp3) is 0.120. The van der Waals surface area contributed by atoms with E-state index < -0.39 is 17.5 Å². The zero-order valence-electron chi connectivity index (χ0n) is 17.5. The van der Waals surface area contributed by atoms with E-state index in [1.165, 1.54) is 11.6 Å². The van der Waals surface area contributed by atoms with E-state index in [-0.39, 0.29) is 5.69 Å². The largest absolute Gasteiger partial charge is 0.441 e. The van der Waals surface area contributed by atoms with Gasteiger partial charge in [0.25, 0.3) is 5.91 Å². The summed E-state index contributed by atoms with van der Waals surface area (Å²) in [6.07, 6.45) is 0. The summed E-state index contributed by atoms with van der Waals surface area (Å²) in [5.74, 6) is -0.140. The first kappa shape index (κ1) is 21.8. The van der Waals surface area contributed by atoms with Gasteiger partial charge < -0.3 is 9.73 Å². The number of hydrogen-bond donors (Lipinski definition) is 1. The maximum Gasteiger partial charge on any atom is 0.255 e. The summed E-state index contributed by atoms with van der Waals surface area (Å²) < 4.78 is 32.6. The minimum Gasteiger partial charge on any atom is -0.441 e. The molecule has 4 rings (SSSR count). The summed E-state index contributed by atoms with van der Waals surface area (Å²) >= 11 is 1.68. The molecule has 1 aromatic heterocycles. The van der Waals surface area contributed by atoms with Gasteiger partial charge in [-0.15, -0.1) is 11.8 Å². The lowest BCUT2D eigenvalue weighted by Gasteiger charge is -2.07. The Morgan fingerprint density at radius 3 is 2.41 bits per heavy atom. The van der Waals surface area contributed by atoms with E-state index >= 15 is 0 Å². The molecule has 0 saturated carbocycles. The molecular weight excluding hydrogens is 430 g/mol. The van der Waals surface area contributed by atoms with Gasteiger partial charge in [-0.05, 0) is 62.4 Å². The van der Waals surface area contributed by atoms with E-state index in [1.807, 2.05) is 6.92 Å². The fourth-order valence-electron chi connectivity index (χ4n) is 3.02. The molecule has 4 nitrogen and oxygen atoms in total. The van der Waals surface area contributed by atoms with Crippen molar-refractivity contribution in [2.24, 2.45) is 0 Å². The molecule has 0 unspecified atom stereocenters. The van der Waals surface area contributed by atoms with Crippen LogP contribution in [0.4, 0.5) is 14.5 Å². The van der Waals surface area contributed by atoms with Crippen molar-refractivity contribution in [3.05, 3.63) is 101 Å². The van der Waals surface area contributed by atoms with Crippen LogP contribution < -0.4 is 5.32 Å². The highest BCUT2D eigenvalue weighted by Gasteiger charge is 2.14. The molecule has 7 heteroatoms. The van der Waals surface area contributed by atoms with Gasteiger partial charge in [0.1, 0.15) is 17.4 Å². The number of carbonyl (C=O) groups excluding carboxylic acids is 1. The van der Waals surface area contributed by atoms with Crippen LogP contribution in [0.3, 0.4) is 0 Å². The smallest absolute Gasteiger partial charge is 0.255 e. The molecule has 0 aliphatic rings. The number of thioether (sulfide) groups is 1. The molecular formula is C25H20F2N2O2S. The van der Waals surface area contributed by atoms with Gasteiger partial charge in [0.2, 0.25) is 5.89 Å². The van der Waals surface area contributed by atoms with Crippen molar-refractivity contribution in [3.8, 4) is 11.5 Å². The number of nitrogens with one attached hydrogen (secondary N) is 1. The van der Waals surface area contributed by atoms with E-state index in [1.54, 1.807) is 36.0 Å². The Morgan fingerprint density at radius 2 is 1.72 bits per heavy atom. The molecule has 4 aromatic rings. The summed E-state index contributed by atoms with van der Waals surface area (Å²) in [6, 6.07) is 17.9. The summed E-state index contributed by atoms with van der Waals surface area (Å²) in [5.41, 5.74) is 3.05. The lowest BCUT2D eigenvalue weighted by atomic mass is 10.1. The molecule has 0 saturated heterocycles. The van der Waals surface area contributed by atoms with Gasteiger partial charge in [-0.2, -0.15) is 0 Å². The van der Waals surface area contributed by atoms with Crippen molar-refractivity contribution in [2.75, 3.05) is 5.32 Å². The molecule has 1 amide bonds. The molecule has 0 spiro atoms. The van der Waals surface area contributed by atoms with E-state index in [9.17, 15) is 13.6 Å². The normalized spacial score (nSPS) is 10.9. The van der Waals surface area contributed by atoms with Gasteiger partial charge in [0, 0.05) is 27.8 Å². The number of nitrogens with zero attached hydrogens (tertiary/aromatic N) is 1. The molecule has 0 bridgehead atoms. The van der Waals surface area contributed by atoms with Crippen LogP contribution in [0.25, 0.3) is 11.5 Å². The average molecular weight is 451 g/mol. The molecule has 162 valence electrons. The number of anilines is 1. The van der Waals surface area contributed by atoms with Crippen LogP contribution in [-0.4, -0.2) is 10.9 Å². The summed E-state index contributed by atoms with van der Waals surface area (Å²) in [5, 5.41) is 2.44. The van der Waals surface area contributed by atoms with Crippen molar-refractivity contribution in [1.29, 1.82) is 0 Å². The number of aryl methyl sites for hydroxylation is 2. The third kappa shape index (κ3) is 5.06. The molecule has 0 fully saturated rings. The quantitative estimate of drug-likeness (QED) is 0.329. The van der Waals surface area contributed by atoms with Crippen molar-refractivity contribution in [3.63, 3.8) is 0 Å². The topological polar surface area (TPSA) is 55.1 Å². The van der Waals surface area contributed by atoms with Gasteiger partial charge in [0.15, 0.2) is 0 Å². The summed E-state index contributed by atoms with van der Waals surface area (Å²) in [4.78, 5) is 18.1. The Morgan fingerprint density at radius 1 is 1.00 bits per heavy atom. The van der Waals surface area contributed by atoms with Crippen molar-refractivity contribution in [1.82, 2.24) is 4.98 Å². The minimum absolute atomic E-state index is 0.0838.